The molecule has 1 N–H and O–H groups in total. The molecule has 0 aliphatic rings. The van der Waals surface area contributed by atoms with Gasteiger partial charge in [-0.1, -0.05) is 11.6 Å². The summed E-state index contributed by atoms with van der Waals surface area (Å²) in [4.78, 5) is 2.88. The molecule has 20 heavy (non-hydrogen) atoms. The SMILES string of the molecule is Fc1ccc(Cl)c(-n2c(=S)[nH]c3cc(F)c(Br)cc32)c1. The Bertz CT molecular complexity index is 888. The van der Waals surface area contributed by atoms with E-state index in [-0.39, 0.29) is 0 Å². The van der Waals surface area contributed by atoms with E-state index in [4.69, 9.17) is 23.8 Å². The Labute approximate surface area is 131 Å². The Morgan fingerprint density at radius 1 is 1.20 bits per heavy atom. The fourth-order valence-electron chi connectivity index (χ4n) is 2.00. The number of H-pyrrole nitrogens is 1. The van der Waals surface area contributed by atoms with Crippen LogP contribution in [0.25, 0.3) is 16.7 Å². The molecule has 0 radical (unpaired) electrons. The van der Waals surface area contributed by atoms with Gasteiger partial charge in [0.2, 0.25) is 0 Å². The fraction of sp³-hybridized carbons (Fsp3) is 0. The summed E-state index contributed by atoms with van der Waals surface area (Å²) in [7, 11) is 0. The molecule has 0 bridgehead atoms. The zero-order valence-corrected chi connectivity index (χ0v) is 12.9. The maximum Gasteiger partial charge on any atom is 0.182 e. The minimum atomic E-state index is -0.429. The predicted octanol–water partition coefficient (Wildman–Crippen LogP) is 5.38. The van der Waals surface area contributed by atoms with Gasteiger partial charge in [-0.05, 0) is 52.4 Å². The highest BCUT2D eigenvalue weighted by Crippen LogP contribution is 2.29. The van der Waals surface area contributed by atoms with E-state index in [9.17, 15) is 8.78 Å². The minimum absolute atomic E-state index is 0.292. The van der Waals surface area contributed by atoms with Gasteiger partial charge in [0.15, 0.2) is 4.77 Å². The topological polar surface area (TPSA) is 20.7 Å². The lowest BCUT2D eigenvalue weighted by atomic mass is 10.2. The molecule has 1 heterocycles. The average Bonchev–Trinajstić information content (AvgIpc) is 2.69. The molecule has 0 aliphatic heterocycles. The van der Waals surface area contributed by atoms with Crippen LogP contribution < -0.4 is 0 Å². The molecule has 3 rings (SSSR count). The standard InChI is InChI=1S/C13H6BrClF2N2S/c14-7-4-12-10(5-9(7)17)18-13(20)19(12)11-3-6(16)1-2-8(11)15/h1-5H,(H,18,20). The summed E-state index contributed by atoms with van der Waals surface area (Å²) in [5.74, 6) is -0.840. The van der Waals surface area contributed by atoms with Crippen molar-refractivity contribution in [2.24, 2.45) is 0 Å². The summed E-state index contributed by atoms with van der Waals surface area (Å²) in [5, 5.41) is 0.351. The number of halogens is 4. The van der Waals surface area contributed by atoms with Crippen LogP contribution in [-0.4, -0.2) is 9.55 Å². The van der Waals surface area contributed by atoms with Crippen LogP contribution in [0.15, 0.2) is 34.8 Å². The normalized spacial score (nSPS) is 11.2. The molecule has 2 nitrogen and oxygen atoms in total. The van der Waals surface area contributed by atoms with Crippen LogP contribution >= 0.6 is 39.7 Å². The molecule has 0 aliphatic carbocycles. The van der Waals surface area contributed by atoms with Gasteiger partial charge in [-0.3, -0.25) is 4.57 Å². The average molecular weight is 376 g/mol. The van der Waals surface area contributed by atoms with Crippen LogP contribution in [-0.2, 0) is 0 Å². The van der Waals surface area contributed by atoms with Crippen molar-refractivity contribution < 1.29 is 8.78 Å². The van der Waals surface area contributed by atoms with Crippen molar-refractivity contribution in [3.63, 3.8) is 0 Å². The number of nitrogens with zero attached hydrogens (tertiary/aromatic N) is 1. The number of imidazole rings is 1. The molecule has 7 heteroatoms. The summed E-state index contributed by atoms with van der Waals surface area (Å²) in [6, 6.07) is 6.88. The van der Waals surface area contributed by atoms with Crippen LogP contribution in [0.4, 0.5) is 8.78 Å². The van der Waals surface area contributed by atoms with Gasteiger partial charge in [-0.2, -0.15) is 0 Å². The third-order valence-corrected chi connectivity index (χ3v) is 4.09. The van der Waals surface area contributed by atoms with Crippen molar-refractivity contribution in [2.75, 3.05) is 0 Å². The second kappa shape index (κ2) is 4.95. The third kappa shape index (κ3) is 2.17. The highest BCUT2D eigenvalue weighted by molar-refractivity contribution is 9.10. The Balaban J connectivity index is 2.42. The number of benzene rings is 2. The summed E-state index contributed by atoms with van der Waals surface area (Å²) in [6.07, 6.45) is 0. The summed E-state index contributed by atoms with van der Waals surface area (Å²) in [6.45, 7) is 0. The number of aromatic amines is 1. The van der Waals surface area contributed by atoms with Gasteiger partial charge in [-0.15, -0.1) is 0 Å². The first-order chi connectivity index (χ1) is 9.47. The van der Waals surface area contributed by atoms with E-state index in [1.54, 1.807) is 10.6 Å². The maximum atomic E-state index is 13.5. The van der Waals surface area contributed by atoms with Gasteiger partial charge in [0.05, 0.1) is 26.2 Å². The largest absolute Gasteiger partial charge is 0.330 e. The number of hydrogen-bond donors (Lipinski definition) is 1. The number of aromatic nitrogens is 2. The number of fused-ring (bicyclic) bond motifs is 1. The Morgan fingerprint density at radius 2 is 1.95 bits per heavy atom. The van der Waals surface area contributed by atoms with E-state index < -0.39 is 11.6 Å². The van der Waals surface area contributed by atoms with Crippen molar-refractivity contribution in [1.29, 1.82) is 0 Å². The Hall–Kier alpha value is -1.24. The smallest absolute Gasteiger partial charge is 0.182 e. The van der Waals surface area contributed by atoms with Crippen molar-refractivity contribution in [3.8, 4) is 5.69 Å². The van der Waals surface area contributed by atoms with Crippen molar-refractivity contribution in [3.05, 3.63) is 56.2 Å². The summed E-state index contributed by atoms with van der Waals surface area (Å²) < 4.78 is 29.1. The van der Waals surface area contributed by atoms with Crippen LogP contribution in [0.2, 0.25) is 5.02 Å². The zero-order chi connectivity index (χ0) is 14.4. The molecule has 0 saturated carbocycles. The molecular formula is C13H6BrClF2N2S. The van der Waals surface area contributed by atoms with E-state index in [0.717, 1.165) is 0 Å². The lowest BCUT2D eigenvalue weighted by molar-refractivity contribution is 0.622. The first-order valence-corrected chi connectivity index (χ1v) is 7.10. The third-order valence-electron chi connectivity index (χ3n) is 2.87. The molecule has 0 fully saturated rings. The first-order valence-electron chi connectivity index (χ1n) is 5.52. The molecule has 2 aromatic carbocycles. The molecule has 0 unspecified atom stereocenters. The molecule has 0 spiro atoms. The number of hydrogen-bond acceptors (Lipinski definition) is 1. The first kappa shape index (κ1) is 13.7. The maximum absolute atomic E-state index is 13.5. The van der Waals surface area contributed by atoms with Crippen LogP contribution in [0.5, 0.6) is 0 Å². The van der Waals surface area contributed by atoms with Crippen LogP contribution in [0.3, 0.4) is 0 Å². The Kier molecular flexibility index (Phi) is 3.40. The second-order valence-corrected chi connectivity index (χ2v) is 5.79. The monoisotopic (exact) mass is 374 g/mol. The highest BCUT2D eigenvalue weighted by Gasteiger charge is 2.13. The summed E-state index contributed by atoms with van der Waals surface area (Å²) >= 11 is 14.4. The van der Waals surface area contributed by atoms with E-state index in [0.29, 0.717) is 31.0 Å². The summed E-state index contributed by atoms with van der Waals surface area (Å²) in [5.41, 5.74) is 1.52. The van der Waals surface area contributed by atoms with Gasteiger partial charge in [0.25, 0.3) is 0 Å². The second-order valence-electron chi connectivity index (χ2n) is 4.14. The molecule has 102 valence electrons. The van der Waals surface area contributed by atoms with E-state index in [1.165, 1.54) is 24.3 Å². The highest BCUT2D eigenvalue weighted by atomic mass is 79.9. The quantitative estimate of drug-likeness (QED) is 0.566. The molecule has 0 saturated heterocycles. The van der Waals surface area contributed by atoms with Crippen molar-refractivity contribution in [1.82, 2.24) is 9.55 Å². The van der Waals surface area contributed by atoms with Gasteiger partial charge >= 0.3 is 0 Å². The minimum Gasteiger partial charge on any atom is -0.330 e. The number of nitrogens with one attached hydrogen (secondary N) is 1. The lowest BCUT2D eigenvalue weighted by Crippen LogP contribution is -1.96. The zero-order valence-electron chi connectivity index (χ0n) is 9.75. The van der Waals surface area contributed by atoms with E-state index in [2.05, 4.69) is 20.9 Å². The molecule has 0 amide bonds. The molecular weight excluding hydrogens is 370 g/mol. The Morgan fingerprint density at radius 3 is 2.70 bits per heavy atom. The predicted molar refractivity (Wildman–Crippen MR) is 81.1 cm³/mol. The van der Waals surface area contributed by atoms with Crippen LogP contribution in [0.1, 0.15) is 0 Å². The molecule has 3 aromatic rings. The van der Waals surface area contributed by atoms with Crippen LogP contribution in [0, 0.1) is 16.4 Å². The molecule has 0 atom stereocenters. The molecule has 1 aromatic heterocycles. The van der Waals surface area contributed by atoms with E-state index >= 15 is 0 Å². The lowest BCUT2D eigenvalue weighted by Gasteiger charge is -2.07. The number of rotatable bonds is 1. The van der Waals surface area contributed by atoms with E-state index in [1.807, 2.05) is 0 Å². The van der Waals surface area contributed by atoms with Gasteiger partial charge in [0.1, 0.15) is 11.6 Å². The van der Waals surface area contributed by atoms with Gasteiger partial charge in [0, 0.05) is 6.07 Å². The van der Waals surface area contributed by atoms with Crippen molar-refractivity contribution >= 4 is 50.8 Å². The fourth-order valence-corrected chi connectivity index (χ4v) is 2.84. The van der Waals surface area contributed by atoms with Gasteiger partial charge < -0.3 is 4.98 Å². The van der Waals surface area contributed by atoms with Gasteiger partial charge in [-0.25, -0.2) is 8.78 Å². The van der Waals surface area contributed by atoms with Crippen molar-refractivity contribution in [2.45, 2.75) is 0 Å².